The van der Waals surface area contributed by atoms with Gasteiger partial charge in [0.15, 0.2) is 0 Å². The molecule has 0 unspecified atom stereocenters. The summed E-state index contributed by atoms with van der Waals surface area (Å²) < 4.78 is 35.6. The van der Waals surface area contributed by atoms with Crippen LogP contribution in [0.4, 0.5) is 13.2 Å². The van der Waals surface area contributed by atoms with Crippen LogP contribution in [0.2, 0.25) is 0 Å². The molecule has 0 aromatic heterocycles. The SMILES string of the molecule is C[C@H]1CCCN(CCC(F)(F)F)C1. The minimum atomic E-state index is -4.00. The minimum Gasteiger partial charge on any atom is -0.303 e. The Labute approximate surface area is 76.9 Å². The first-order valence-electron chi connectivity index (χ1n) is 4.76. The minimum absolute atomic E-state index is 0.174. The van der Waals surface area contributed by atoms with Crippen molar-refractivity contribution < 1.29 is 13.2 Å². The Morgan fingerprint density at radius 1 is 1.38 bits per heavy atom. The van der Waals surface area contributed by atoms with Crippen molar-refractivity contribution in [3.63, 3.8) is 0 Å². The molecule has 0 amide bonds. The van der Waals surface area contributed by atoms with Gasteiger partial charge < -0.3 is 4.90 Å². The normalized spacial score (nSPS) is 26.3. The maximum atomic E-state index is 11.9. The molecule has 4 heteroatoms. The number of halogens is 3. The van der Waals surface area contributed by atoms with E-state index in [9.17, 15) is 13.2 Å². The van der Waals surface area contributed by atoms with E-state index in [1.165, 1.54) is 0 Å². The first-order valence-corrected chi connectivity index (χ1v) is 4.76. The molecule has 1 saturated heterocycles. The number of piperidine rings is 1. The van der Waals surface area contributed by atoms with E-state index in [4.69, 9.17) is 0 Å². The first-order chi connectivity index (χ1) is 5.97. The predicted molar refractivity (Wildman–Crippen MR) is 45.5 cm³/mol. The summed E-state index contributed by atoms with van der Waals surface area (Å²) in [7, 11) is 0. The molecule has 0 aromatic rings. The fourth-order valence-electron chi connectivity index (χ4n) is 1.77. The Morgan fingerprint density at radius 3 is 2.62 bits per heavy atom. The second-order valence-corrected chi connectivity index (χ2v) is 3.91. The Hall–Kier alpha value is -0.250. The average molecular weight is 195 g/mol. The molecule has 0 radical (unpaired) electrons. The summed E-state index contributed by atoms with van der Waals surface area (Å²) in [5.41, 5.74) is 0. The summed E-state index contributed by atoms with van der Waals surface area (Å²) in [5, 5.41) is 0. The lowest BCUT2D eigenvalue weighted by atomic mass is 10.0. The third-order valence-electron chi connectivity index (χ3n) is 2.45. The molecule has 0 saturated carbocycles. The van der Waals surface area contributed by atoms with Crippen LogP contribution in [0.15, 0.2) is 0 Å². The van der Waals surface area contributed by atoms with Crippen LogP contribution in [-0.2, 0) is 0 Å². The highest BCUT2D eigenvalue weighted by molar-refractivity contribution is 4.70. The van der Waals surface area contributed by atoms with E-state index < -0.39 is 12.6 Å². The van der Waals surface area contributed by atoms with Gasteiger partial charge in [-0.15, -0.1) is 0 Å². The Bertz CT molecular complexity index is 155. The zero-order chi connectivity index (χ0) is 9.90. The molecule has 0 aliphatic carbocycles. The molecule has 0 spiro atoms. The van der Waals surface area contributed by atoms with Gasteiger partial charge in [-0.3, -0.25) is 0 Å². The van der Waals surface area contributed by atoms with E-state index in [1.54, 1.807) is 0 Å². The number of alkyl halides is 3. The molecule has 1 heterocycles. The topological polar surface area (TPSA) is 3.24 Å². The zero-order valence-corrected chi connectivity index (χ0v) is 7.90. The van der Waals surface area contributed by atoms with Gasteiger partial charge in [0.05, 0.1) is 6.42 Å². The molecule has 1 atom stereocenters. The van der Waals surface area contributed by atoms with Gasteiger partial charge in [-0.05, 0) is 25.3 Å². The Morgan fingerprint density at radius 2 is 2.08 bits per heavy atom. The third-order valence-corrected chi connectivity index (χ3v) is 2.45. The van der Waals surface area contributed by atoms with Crippen molar-refractivity contribution in [1.82, 2.24) is 4.90 Å². The van der Waals surface area contributed by atoms with Crippen molar-refractivity contribution in [3.8, 4) is 0 Å². The van der Waals surface area contributed by atoms with Gasteiger partial charge in [0.1, 0.15) is 0 Å². The number of hydrogen-bond donors (Lipinski definition) is 0. The van der Waals surface area contributed by atoms with Gasteiger partial charge in [-0.25, -0.2) is 0 Å². The number of rotatable bonds is 2. The molecule has 1 fully saturated rings. The van der Waals surface area contributed by atoms with Crippen molar-refractivity contribution in [2.45, 2.75) is 32.4 Å². The molecule has 78 valence electrons. The van der Waals surface area contributed by atoms with Gasteiger partial charge >= 0.3 is 6.18 Å². The first kappa shape index (κ1) is 10.8. The summed E-state index contributed by atoms with van der Waals surface area (Å²) in [4.78, 5) is 1.92. The van der Waals surface area contributed by atoms with Gasteiger partial charge in [-0.1, -0.05) is 6.92 Å². The van der Waals surface area contributed by atoms with E-state index >= 15 is 0 Å². The average Bonchev–Trinajstić information content (AvgIpc) is 2.00. The maximum absolute atomic E-state index is 11.9. The van der Waals surface area contributed by atoms with Gasteiger partial charge in [0.25, 0.3) is 0 Å². The molecule has 0 N–H and O–H groups in total. The van der Waals surface area contributed by atoms with Gasteiger partial charge in [0, 0.05) is 13.1 Å². The van der Waals surface area contributed by atoms with E-state index in [0.29, 0.717) is 5.92 Å². The van der Waals surface area contributed by atoms with Crippen LogP contribution >= 0.6 is 0 Å². The predicted octanol–water partition coefficient (Wildman–Crippen LogP) is 2.67. The molecule has 1 aliphatic rings. The maximum Gasteiger partial charge on any atom is 0.390 e. The molecule has 1 aliphatic heterocycles. The lowest BCUT2D eigenvalue weighted by Gasteiger charge is -2.30. The zero-order valence-electron chi connectivity index (χ0n) is 7.90. The van der Waals surface area contributed by atoms with Crippen LogP contribution < -0.4 is 0 Å². The molecule has 1 nitrogen and oxygen atoms in total. The second kappa shape index (κ2) is 4.31. The largest absolute Gasteiger partial charge is 0.390 e. The highest BCUT2D eigenvalue weighted by atomic mass is 19.4. The van der Waals surface area contributed by atoms with E-state index in [-0.39, 0.29) is 6.54 Å². The molecule has 13 heavy (non-hydrogen) atoms. The van der Waals surface area contributed by atoms with E-state index in [1.807, 2.05) is 4.90 Å². The van der Waals surface area contributed by atoms with Crippen LogP contribution in [0, 0.1) is 5.92 Å². The van der Waals surface area contributed by atoms with E-state index in [2.05, 4.69) is 6.92 Å². The summed E-state index contributed by atoms with van der Waals surface area (Å²) in [6, 6.07) is 0. The Balaban J connectivity index is 2.21. The molecule has 0 aromatic carbocycles. The van der Waals surface area contributed by atoms with Crippen LogP contribution in [-0.4, -0.2) is 30.7 Å². The van der Waals surface area contributed by atoms with Crippen LogP contribution in [0.25, 0.3) is 0 Å². The van der Waals surface area contributed by atoms with Gasteiger partial charge in [0.2, 0.25) is 0 Å². The smallest absolute Gasteiger partial charge is 0.303 e. The monoisotopic (exact) mass is 195 g/mol. The molecular weight excluding hydrogens is 179 g/mol. The summed E-state index contributed by atoms with van der Waals surface area (Å²) in [5.74, 6) is 0.557. The number of nitrogens with zero attached hydrogens (tertiary/aromatic N) is 1. The fraction of sp³-hybridized carbons (Fsp3) is 1.00. The summed E-state index contributed by atoms with van der Waals surface area (Å²) >= 11 is 0. The fourth-order valence-corrected chi connectivity index (χ4v) is 1.77. The standard InChI is InChI=1S/C9H16F3N/c1-8-3-2-5-13(7-8)6-4-9(10,11)12/h8H,2-7H2,1H3/t8-/m0/s1. The van der Waals surface area contributed by atoms with Crippen LogP contribution in [0.5, 0.6) is 0 Å². The summed E-state index contributed by atoms with van der Waals surface area (Å²) in [6.07, 6.45) is -2.47. The summed E-state index contributed by atoms with van der Waals surface area (Å²) in [6.45, 7) is 3.93. The van der Waals surface area contributed by atoms with Crippen LogP contribution in [0.3, 0.4) is 0 Å². The highest BCUT2D eigenvalue weighted by Crippen LogP contribution is 2.22. The van der Waals surface area contributed by atoms with Crippen molar-refractivity contribution in [3.05, 3.63) is 0 Å². The van der Waals surface area contributed by atoms with Crippen LogP contribution in [0.1, 0.15) is 26.2 Å². The highest BCUT2D eigenvalue weighted by Gasteiger charge is 2.28. The van der Waals surface area contributed by atoms with Crippen molar-refractivity contribution >= 4 is 0 Å². The second-order valence-electron chi connectivity index (χ2n) is 3.91. The molecule has 1 rings (SSSR count). The van der Waals surface area contributed by atoms with Crippen molar-refractivity contribution in [2.24, 2.45) is 5.92 Å². The lowest BCUT2D eigenvalue weighted by molar-refractivity contribution is -0.138. The number of likely N-dealkylation sites (tertiary alicyclic amines) is 1. The molecular formula is C9H16F3N. The lowest BCUT2D eigenvalue weighted by Crippen LogP contribution is -2.36. The Kier molecular flexibility index (Phi) is 3.59. The molecule has 0 bridgehead atoms. The van der Waals surface area contributed by atoms with E-state index in [0.717, 1.165) is 25.9 Å². The quantitative estimate of drug-likeness (QED) is 0.654. The van der Waals surface area contributed by atoms with Gasteiger partial charge in [-0.2, -0.15) is 13.2 Å². The third kappa shape index (κ3) is 4.50. The number of hydrogen-bond acceptors (Lipinski definition) is 1. The van der Waals surface area contributed by atoms with Crippen molar-refractivity contribution in [1.29, 1.82) is 0 Å². The van der Waals surface area contributed by atoms with Crippen molar-refractivity contribution in [2.75, 3.05) is 19.6 Å².